The Balaban J connectivity index is 1.45. The van der Waals surface area contributed by atoms with Gasteiger partial charge in [-0.2, -0.15) is 0 Å². The molecule has 5 heteroatoms. The molecule has 2 aromatic carbocycles. The van der Waals surface area contributed by atoms with Crippen molar-refractivity contribution in [3.63, 3.8) is 0 Å². The summed E-state index contributed by atoms with van der Waals surface area (Å²) in [6.07, 6.45) is 5.10. The van der Waals surface area contributed by atoms with Crippen molar-refractivity contribution >= 4 is 6.03 Å². The van der Waals surface area contributed by atoms with E-state index in [1.54, 1.807) is 12.1 Å². The molecule has 3 aliphatic heterocycles. The van der Waals surface area contributed by atoms with Crippen molar-refractivity contribution < 1.29 is 13.9 Å². The minimum absolute atomic E-state index is 0.0693. The van der Waals surface area contributed by atoms with Gasteiger partial charge in [-0.25, -0.2) is 9.18 Å². The topological polar surface area (TPSA) is 32.8 Å². The van der Waals surface area contributed by atoms with Crippen LogP contribution in [0.4, 0.5) is 9.18 Å². The number of likely N-dealkylation sites (tertiary alicyclic amines) is 1. The number of halogens is 1. The lowest BCUT2D eigenvalue weighted by molar-refractivity contribution is -0.0682. The van der Waals surface area contributed by atoms with E-state index in [1.807, 2.05) is 21.9 Å². The second kappa shape index (κ2) is 7.45. The Hall–Kier alpha value is -2.40. The normalized spacial score (nSPS) is 26.6. The Morgan fingerprint density at radius 3 is 2.66 bits per heavy atom. The van der Waals surface area contributed by atoms with E-state index in [1.165, 1.54) is 24.1 Å². The number of benzene rings is 2. The summed E-state index contributed by atoms with van der Waals surface area (Å²) in [7, 11) is 0. The van der Waals surface area contributed by atoms with Crippen LogP contribution < -0.4 is 0 Å². The number of hydrogen-bond acceptors (Lipinski definition) is 2. The number of rotatable bonds is 1. The fraction of sp³-hybridized carbons (Fsp3) is 0.458. The van der Waals surface area contributed by atoms with Crippen LogP contribution in [-0.2, 0) is 11.2 Å². The molecule has 3 aliphatic rings. The molecule has 2 atom stereocenters. The van der Waals surface area contributed by atoms with Gasteiger partial charge in [0.05, 0.1) is 18.2 Å². The summed E-state index contributed by atoms with van der Waals surface area (Å²) < 4.78 is 19.7. The monoisotopic (exact) mass is 394 g/mol. The van der Waals surface area contributed by atoms with Crippen LogP contribution in [0.1, 0.15) is 48.4 Å². The summed E-state index contributed by atoms with van der Waals surface area (Å²) in [5, 5.41) is 0. The summed E-state index contributed by atoms with van der Waals surface area (Å²) in [6, 6.07) is 14.7. The van der Waals surface area contributed by atoms with Gasteiger partial charge < -0.3 is 14.5 Å². The number of nitrogens with zero attached hydrogens (tertiary/aromatic N) is 2. The predicted molar refractivity (Wildman–Crippen MR) is 109 cm³/mol. The fourth-order valence-corrected chi connectivity index (χ4v) is 5.20. The van der Waals surface area contributed by atoms with Crippen molar-refractivity contribution in [3.8, 4) is 0 Å². The van der Waals surface area contributed by atoms with E-state index in [0.717, 1.165) is 50.0 Å². The Morgan fingerprint density at radius 2 is 1.86 bits per heavy atom. The van der Waals surface area contributed by atoms with Crippen LogP contribution in [0.15, 0.2) is 48.5 Å². The third-order valence-corrected chi connectivity index (χ3v) is 6.74. The lowest BCUT2D eigenvalue weighted by Gasteiger charge is -2.40. The molecule has 2 amide bonds. The molecule has 0 unspecified atom stereocenters. The molecule has 0 saturated carbocycles. The van der Waals surface area contributed by atoms with Crippen LogP contribution in [0.5, 0.6) is 0 Å². The molecule has 29 heavy (non-hydrogen) atoms. The fourth-order valence-electron chi connectivity index (χ4n) is 5.20. The maximum Gasteiger partial charge on any atom is 0.320 e. The number of carbonyl (C=O) groups is 1. The number of urea groups is 1. The number of carbonyl (C=O) groups excluding carboxylic acids is 1. The average Bonchev–Trinajstić information content (AvgIpc) is 3.17. The van der Waals surface area contributed by atoms with Gasteiger partial charge in [-0.1, -0.05) is 36.4 Å². The zero-order chi connectivity index (χ0) is 19.8. The Kier molecular flexibility index (Phi) is 4.78. The highest BCUT2D eigenvalue weighted by molar-refractivity contribution is 5.76. The molecule has 4 nitrogen and oxygen atoms in total. The smallest absolute Gasteiger partial charge is 0.320 e. The quantitative estimate of drug-likeness (QED) is 0.712. The summed E-state index contributed by atoms with van der Waals surface area (Å²) in [5.41, 5.74) is 3.21. The molecule has 2 fully saturated rings. The molecule has 0 bridgehead atoms. The first kappa shape index (κ1) is 18.6. The van der Waals surface area contributed by atoms with Crippen LogP contribution in [0.25, 0.3) is 0 Å². The average molecular weight is 394 g/mol. The van der Waals surface area contributed by atoms with Gasteiger partial charge in [0.1, 0.15) is 5.82 Å². The third kappa shape index (κ3) is 3.42. The van der Waals surface area contributed by atoms with Crippen molar-refractivity contribution in [2.75, 3.05) is 26.2 Å². The highest BCUT2D eigenvalue weighted by atomic mass is 19.1. The number of amides is 2. The lowest BCUT2D eigenvalue weighted by Crippen LogP contribution is -2.49. The first-order chi connectivity index (χ1) is 14.2. The third-order valence-electron chi connectivity index (χ3n) is 6.74. The zero-order valence-corrected chi connectivity index (χ0v) is 16.6. The van der Waals surface area contributed by atoms with Crippen molar-refractivity contribution in [3.05, 3.63) is 71.0 Å². The van der Waals surface area contributed by atoms with Gasteiger partial charge in [0.15, 0.2) is 0 Å². The molecule has 1 spiro atoms. The van der Waals surface area contributed by atoms with Gasteiger partial charge in [0.25, 0.3) is 0 Å². The zero-order valence-electron chi connectivity index (χ0n) is 16.6. The van der Waals surface area contributed by atoms with Crippen LogP contribution in [-0.4, -0.2) is 47.7 Å². The molecular weight excluding hydrogens is 367 g/mol. The molecule has 3 heterocycles. The van der Waals surface area contributed by atoms with Crippen LogP contribution in [0.2, 0.25) is 0 Å². The van der Waals surface area contributed by atoms with Gasteiger partial charge in [-0.05, 0) is 60.9 Å². The molecule has 152 valence electrons. The van der Waals surface area contributed by atoms with E-state index in [0.29, 0.717) is 13.1 Å². The van der Waals surface area contributed by atoms with Gasteiger partial charge >= 0.3 is 6.03 Å². The molecule has 0 aromatic heterocycles. The lowest BCUT2D eigenvalue weighted by atomic mass is 9.88. The molecular formula is C24H27FN2O2. The first-order valence-electron chi connectivity index (χ1n) is 10.7. The second-order valence-electron chi connectivity index (χ2n) is 8.54. The summed E-state index contributed by atoms with van der Waals surface area (Å²) >= 11 is 0. The van der Waals surface area contributed by atoms with E-state index in [2.05, 4.69) is 12.1 Å². The highest BCUT2D eigenvalue weighted by Gasteiger charge is 2.44. The van der Waals surface area contributed by atoms with Crippen molar-refractivity contribution in [1.29, 1.82) is 0 Å². The molecule has 0 N–H and O–H groups in total. The van der Waals surface area contributed by atoms with E-state index in [4.69, 9.17) is 4.74 Å². The van der Waals surface area contributed by atoms with Crippen molar-refractivity contribution in [1.82, 2.24) is 9.80 Å². The predicted octanol–water partition coefficient (Wildman–Crippen LogP) is 4.54. The van der Waals surface area contributed by atoms with Crippen LogP contribution >= 0.6 is 0 Å². The highest BCUT2D eigenvalue weighted by Crippen LogP contribution is 2.38. The van der Waals surface area contributed by atoms with E-state index in [9.17, 15) is 9.18 Å². The Labute approximate surface area is 171 Å². The summed E-state index contributed by atoms with van der Waals surface area (Å²) in [4.78, 5) is 17.5. The summed E-state index contributed by atoms with van der Waals surface area (Å²) in [6.45, 7) is 2.90. The molecule has 2 aromatic rings. The minimum atomic E-state index is -0.258. The van der Waals surface area contributed by atoms with Gasteiger partial charge in [-0.15, -0.1) is 0 Å². The van der Waals surface area contributed by atoms with E-state index < -0.39 is 0 Å². The van der Waals surface area contributed by atoms with Gasteiger partial charge in [0.2, 0.25) is 0 Å². The van der Waals surface area contributed by atoms with Crippen LogP contribution in [0.3, 0.4) is 0 Å². The molecule has 2 saturated heterocycles. The standard InChI is InChI=1S/C24H27FN2O2/c25-20-9-7-19(8-10-20)22-21-6-2-1-5-18(21)11-14-27(22)23(28)26-15-13-24(17-26)12-3-4-16-29-24/h1-2,5-10,22H,3-4,11-17H2/t22-,24-/m0/s1. The maximum absolute atomic E-state index is 13.6. The SMILES string of the molecule is O=C(N1CC[C@@]2(CCCCO2)C1)N1CCc2ccccc2[C@@H]1c1ccc(F)cc1. The summed E-state index contributed by atoms with van der Waals surface area (Å²) in [5.74, 6) is -0.258. The molecule has 5 rings (SSSR count). The van der Waals surface area contributed by atoms with Crippen molar-refractivity contribution in [2.24, 2.45) is 0 Å². The second-order valence-corrected chi connectivity index (χ2v) is 8.54. The minimum Gasteiger partial charge on any atom is -0.373 e. The molecule has 0 aliphatic carbocycles. The van der Waals surface area contributed by atoms with Gasteiger partial charge in [-0.3, -0.25) is 0 Å². The van der Waals surface area contributed by atoms with Crippen LogP contribution in [0, 0.1) is 5.82 Å². The van der Waals surface area contributed by atoms with E-state index >= 15 is 0 Å². The maximum atomic E-state index is 13.6. The van der Waals surface area contributed by atoms with Gasteiger partial charge in [0, 0.05) is 19.7 Å². The number of ether oxygens (including phenoxy) is 1. The Morgan fingerprint density at radius 1 is 1.03 bits per heavy atom. The van der Waals surface area contributed by atoms with Crippen molar-refractivity contribution in [2.45, 2.75) is 43.7 Å². The first-order valence-corrected chi connectivity index (χ1v) is 10.7. The van der Waals surface area contributed by atoms with E-state index in [-0.39, 0.29) is 23.5 Å². The molecule has 0 radical (unpaired) electrons. The largest absolute Gasteiger partial charge is 0.373 e. The Bertz CT molecular complexity index is 892. The number of fused-ring (bicyclic) bond motifs is 1. The number of hydrogen-bond donors (Lipinski definition) is 0.